The molecule has 174 valence electrons. The van der Waals surface area contributed by atoms with E-state index in [1.807, 2.05) is 42.5 Å². The minimum atomic E-state index is -0.0797. The number of hydrogen-bond donors (Lipinski definition) is 1. The van der Waals surface area contributed by atoms with Crippen LogP contribution in [-0.2, 0) is 11.3 Å². The average Bonchev–Trinajstić information content (AvgIpc) is 3.05. The van der Waals surface area contributed by atoms with Gasteiger partial charge in [0, 0.05) is 18.5 Å². The molecule has 3 aromatic carbocycles. The van der Waals surface area contributed by atoms with Crippen molar-refractivity contribution in [3.8, 4) is 11.5 Å². The third-order valence-corrected chi connectivity index (χ3v) is 6.39. The summed E-state index contributed by atoms with van der Waals surface area (Å²) in [5, 5.41) is 3.83. The molecule has 0 saturated carbocycles. The molecular formula is C27H27N3O3S. The number of aliphatic imine (C=N–C) groups is 2. The maximum atomic E-state index is 12.6. The van der Waals surface area contributed by atoms with E-state index in [1.54, 1.807) is 14.2 Å². The Kier molecular flexibility index (Phi) is 7.65. The Labute approximate surface area is 204 Å². The summed E-state index contributed by atoms with van der Waals surface area (Å²) in [5.41, 5.74) is 5.71. The summed E-state index contributed by atoms with van der Waals surface area (Å²) in [7, 11) is 3.19. The molecule has 0 aliphatic carbocycles. The highest BCUT2D eigenvalue weighted by molar-refractivity contribution is 8.14. The molecule has 1 amide bonds. The van der Waals surface area contributed by atoms with E-state index in [9.17, 15) is 4.79 Å². The molecule has 0 aromatic heterocycles. The van der Waals surface area contributed by atoms with Crippen molar-refractivity contribution in [1.29, 1.82) is 0 Å². The molecule has 4 rings (SSSR count). The van der Waals surface area contributed by atoms with Gasteiger partial charge < -0.3 is 14.8 Å². The summed E-state index contributed by atoms with van der Waals surface area (Å²) in [6.07, 6.45) is 0.569. The highest BCUT2D eigenvalue weighted by Crippen LogP contribution is 2.33. The number of ether oxygens (including phenoxy) is 2. The summed E-state index contributed by atoms with van der Waals surface area (Å²) < 4.78 is 10.8. The first-order valence-corrected chi connectivity index (χ1v) is 12.0. The molecule has 0 radical (unpaired) electrons. The number of rotatable bonds is 7. The molecule has 0 atom stereocenters. The largest absolute Gasteiger partial charge is 0.493 e. The summed E-state index contributed by atoms with van der Waals surface area (Å²) in [5.74, 6) is 1.44. The van der Waals surface area contributed by atoms with Gasteiger partial charge in [0.1, 0.15) is 0 Å². The van der Waals surface area contributed by atoms with Gasteiger partial charge in [0.15, 0.2) is 11.5 Å². The molecule has 0 unspecified atom stereocenters. The molecule has 1 aliphatic rings. The standard InChI is InChI=1S/C27H27N3O3S/c1-18-11-13-19(14-12-18)23-15-26(30-22-9-5-4-8-21(22)29-23)34-17-25(31)28-16-20-7-6-10-24(32-2)27(20)33-3/h4-14H,15-17H2,1-3H3,(H,28,31). The van der Waals surface area contributed by atoms with Crippen LogP contribution in [0.15, 0.2) is 76.7 Å². The van der Waals surface area contributed by atoms with Gasteiger partial charge >= 0.3 is 0 Å². The Bertz CT molecular complexity index is 1240. The molecule has 0 spiro atoms. The van der Waals surface area contributed by atoms with Crippen LogP contribution in [0.4, 0.5) is 11.4 Å². The summed E-state index contributed by atoms with van der Waals surface area (Å²) >= 11 is 1.44. The lowest BCUT2D eigenvalue weighted by Gasteiger charge is -2.13. The van der Waals surface area contributed by atoms with Gasteiger partial charge in [-0.15, -0.1) is 11.8 Å². The molecule has 3 aromatic rings. The average molecular weight is 474 g/mol. The normalized spacial score (nSPS) is 12.7. The molecule has 6 nitrogen and oxygen atoms in total. The predicted octanol–water partition coefficient (Wildman–Crippen LogP) is 5.62. The maximum absolute atomic E-state index is 12.6. The van der Waals surface area contributed by atoms with Crippen molar-refractivity contribution in [2.75, 3.05) is 20.0 Å². The van der Waals surface area contributed by atoms with E-state index in [0.717, 1.165) is 33.3 Å². The van der Waals surface area contributed by atoms with Gasteiger partial charge in [0.25, 0.3) is 0 Å². The number of methoxy groups -OCH3 is 2. The Morgan fingerprint density at radius 3 is 2.38 bits per heavy atom. The fraction of sp³-hybridized carbons (Fsp3) is 0.222. The van der Waals surface area contributed by atoms with Gasteiger partial charge in [0.2, 0.25) is 5.91 Å². The monoisotopic (exact) mass is 473 g/mol. The molecule has 1 heterocycles. The van der Waals surface area contributed by atoms with Gasteiger partial charge in [-0.3, -0.25) is 9.79 Å². The van der Waals surface area contributed by atoms with Crippen LogP contribution in [0.2, 0.25) is 0 Å². The first-order valence-electron chi connectivity index (χ1n) is 11.0. The van der Waals surface area contributed by atoms with Crippen LogP contribution in [-0.4, -0.2) is 36.6 Å². The van der Waals surface area contributed by atoms with E-state index in [4.69, 9.17) is 19.5 Å². The smallest absolute Gasteiger partial charge is 0.230 e. The van der Waals surface area contributed by atoms with Crippen LogP contribution in [0.3, 0.4) is 0 Å². The lowest BCUT2D eigenvalue weighted by molar-refractivity contribution is -0.118. The van der Waals surface area contributed by atoms with Gasteiger partial charge in [-0.2, -0.15) is 0 Å². The van der Waals surface area contributed by atoms with Gasteiger partial charge in [-0.05, 0) is 30.7 Å². The van der Waals surface area contributed by atoms with Crippen LogP contribution in [0, 0.1) is 6.92 Å². The number of aryl methyl sites for hydroxylation is 1. The molecule has 0 fully saturated rings. The number of nitrogens with zero attached hydrogens (tertiary/aromatic N) is 2. The number of nitrogens with one attached hydrogen (secondary N) is 1. The number of carbonyl (C=O) groups is 1. The van der Waals surface area contributed by atoms with Gasteiger partial charge in [-0.25, -0.2) is 4.99 Å². The van der Waals surface area contributed by atoms with E-state index in [0.29, 0.717) is 24.5 Å². The van der Waals surface area contributed by atoms with Crippen LogP contribution in [0.25, 0.3) is 0 Å². The van der Waals surface area contributed by atoms with E-state index >= 15 is 0 Å². The van der Waals surface area contributed by atoms with Gasteiger partial charge in [-0.1, -0.05) is 54.1 Å². The Morgan fingerprint density at radius 2 is 1.68 bits per heavy atom. The van der Waals surface area contributed by atoms with Gasteiger partial charge in [0.05, 0.1) is 42.1 Å². The van der Waals surface area contributed by atoms with Crippen molar-refractivity contribution in [2.24, 2.45) is 9.98 Å². The second kappa shape index (κ2) is 11.0. The number of benzene rings is 3. The topological polar surface area (TPSA) is 72.3 Å². The SMILES string of the molecule is COc1cccc(CNC(=O)CSC2=Nc3ccccc3N=C(c3ccc(C)cc3)C2)c1OC. The predicted molar refractivity (Wildman–Crippen MR) is 139 cm³/mol. The highest BCUT2D eigenvalue weighted by atomic mass is 32.2. The number of hydrogen-bond acceptors (Lipinski definition) is 6. The van der Waals surface area contributed by atoms with Crippen LogP contribution >= 0.6 is 11.8 Å². The zero-order valence-corrected chi connectivity index (χ0v) is 20.3. The zero-order chi connectivity index (χ0) is 23.9. The summed E-state index contributed by atoms with van der Waals surface area (Å²) in [6.45, 7) is 2.42. The minimum absolute atomic E-state index is 0.0797. The lowest BCUT2D eigenvalue weighted by atomic mass is 10.1. The zero-order valence-electron chi connectivity index (χ0n) is 19.5. The molecule has 7 heteroatoms. The van der Waals surface area contributed by atoms with Crippen molar-refractivity contribution >= 4 is 39.8 Å². The quantitative estimate of drug-likeness (QED) is 0.484. The third kappa shape index (κ3) is 5.66. The van der Waals surface area contributed by atoms with Crippen molar-refractivity contribution in [1.82, 2.24) is 5.32 Å². The minimum Gasteiger partial charge on any atom is -0.493 e. The second-order valence-corrected chi connectivity index (χ2v) is 8.86. The Morgan fingerprint density at radius 1 is 0.941 bits per heavy atom. The molecule has 34 heavy (non-hydrogen) atoms. The number of fused-ring (bicyclic) bond motifs is 1. The summed E-state index contributed by atoms with van der Waals surface area (Å²) in [6, 6.07) is 21.8. The van der Waals surface area contributed by atoms with E-state index in [-0.39, 0.29) is 11.7 Å². The van der Waals surface area contributed by atoms with Crippen LogP contribution in [0.5, 0.6) is 11.5 Å². The molecule has 0 bridgehead atoms. The number of amides is 1. The van der Waals surface area contributed by atoms with E-state index in [2.05, 4.69) is 36.5 Å². The summed E-state index contributed by atoms with van der Waals surface area (Å²) in [4.78, 5) is 22.4. The fourth-order valence-electron chi connectivity index (χ4n) is 3.64. The van der Waals surface area contributed by atoms with Crippen LogP contribution in [0.1, 0.15) is 23.1 Å². The first kappa shape index (κ1) is 23.6. The lowest BCUT2D eigenvalue weighted by Crippen LogP contribution is -2.25. The van der Waals surface area contributed by atoms with Crippen molar-refractivity contribution < 1.29 is 14.3 Å². The first-order chi connectivity index (χ1) is 16.6. The Balaban J connectivity index is 1.45. The fourth-order valence-corrected chi connectivity index (χ4v) is 4.44. The van der Waals surface area contributed by atoms with Crippen LogP contribution < -0.4 is 14.8 Å². The van der Waals surface area contributed by atoms with Crippen molar-refractivity contribution in [2.45, 2.75) is 19.9 Å². The third-order valence-electron chi connectivity index (χ3n) is 5.42. The number of carbonyl (C=O) groups excluding carboxylic acids is 1. The van der Waals surface area contributed by atoms with Crippen molar-refractivity contribution in [3.05, 3.63) is 83.4 Å². The molecule has 1 N–H and O–H groups in total. The molecular weight excluding hydrogens is 446 g/mol. The Hall–Kier alpha value is -3.58. The van der Waals surface area contributed by atoms with Crippen molar-refractivity contribution in [3.63, 3.8) is 0 Å². The number of thioether (sulfide) groups is 1. The molecule has 0 saturated heterocycles. The maximum Gasteiger partial charge on any atom is 0.230 e. The highest BCUT2D eigenvalue weighted by Gasteiger charge is 2.17. The molecule has 1 aliphatic heterocycles. The second-order valence-electron chi connectivity index (χ2n) is 7.81. The number of para-hydroxylation sites is 3. The van der Waals surface area contributed by atoms with E-state index < -0.39 is 0 Å². The van der Waals surface area contributed by atoms with E-state index in [1.165, 1.54) is 17.3 Å².